The Morgan fingerprint density at radius 2 is 1.09 bits per heavy atom. The van der Waals surface area contributed by atoms with Gasteiger partial charge in [-0.15, -0.1) is 11.3 Å². The molecule has 12 aromatic rings. The van der Waals surface area contributed by atoms with Crippen LogP contribution in [-0.2, 0) is 0 Å². The smallest absolute Gasteiger partial charge is 0.164 e. The first-order chi connectivity index (χ1) is 27.2. The molecule has 0 aliphatic heterocycles. The molecule has 0 unspecified atom stereocenters. The zero-order valence-electron chi connectivity index (χ0n) is 29.3. The molecule has 0 saturated heterocycles. The molecule has 4 heterocycles. The van der Waals surface area contributed by atoms with Gasteiger partial charge in [-0.1, -0.05) is 121 Å². The zero-order valence-corrected chi connectivity index (χ0v) is 30.1. The van der Waals surface area contributed by atoms with Gasteiger partial charge in [0.1, 0.15) is 11.2 Å². The molecule has 55 heavy (non-hydrogen) atoms. The molecule has 0 N–H and O–H groups in total. The molecule has 12 rings (SSSR count). The Bertz CT molecular complexity index is 3500. The summed E-state index contributed by atoms with van der Waals surface area (Å²) >= 11 is 1.79. The van der Waals surface area contributed by atoms with E-state index in [-0.39, 0.29) is 0 Å². The van der Waals surface area contributed by atoms with E-state index < -0.39 is 0 Å². The van der Waals surface area contributed by atoms with Crippen LogP contribution < -0.4 is 0 Å². The van der Waals surface area contributed by atoms with Gasteiger partial charge in [0.15, 0.2) is 17.5 Å². The fraction of sp³-hybridized carbons (Fsp3) is 0. The number of nitrogens with zero attached hydrogens (tertiary/aromatic N) is 4. The molecule has 0 amide bonds. The first-order valence-corrected chi connectivity index (χ1v) is 19.2. The second-order valence-electron chi connectivity index (χ2n) is 14.0. The van der Waals surface area contributed by atoms with E-state index in [2.05, 4.69) is 144 Å². The van der Waals surface area contributed by atoms with Crippen LogP contribution in [0.1, 0.15) is 0 Å². The van der Waals surface area contributed by atoms with Gasteiger partial charge in [-0.2, -0.15) is 0 Å². The van der Waals surface area contributed by atoms with E-state index in [1.165, 1.54) is 36.3 Å². The highest BCUT2D eigenvalue weighted by Crippen LogP contribution is 2.43. The Balaban J connectivity index is 1.19. The largest absolute Gasteiger partial charge is 0.456 e. The van der Waals surface area contributed by atoms with E-state index in [0.717, 1.165) is 60.7 Å². The summed E-state index contributed by atoms with van der Waals surface area (Å²) in [6.45, 7) is 0. The maximum Gasteiger partial charge on any atom is 0.164 e. The van der Waals surface area contributed by atoms with Gasteiger partial charge in [0, 0.05) is 53.0 Å². The number of aromatic nitrogens is 4. The van der Waals surface area contributed by atoms with Gasteiger partial charge in [-0.3, -0.25) is 0 Å². The molecule has 0 saturated carbocycles. The van der Waals surface area contributed by atoms with E-state index >= 15 is 0 Å². The second kappa shape index (κ2) is 11.7. The fourth-order valence-corrected chi connectivity index (χ4v) is 9.49. The van der Waals surface area contributed by atoms with Crippen molar-refractivity contribution in [2.75, 3.05) is 0 Å². The third-order valence-electron chi connectivity index (χ3n) is 10.8. The van der Waals surface area contributed by atoms with Gasteiger partial charge in [0.2, 0.25) is 0 Å². The van der Waals surface area contributed by atoms with Gasteiger partial charge in [-0.25, -0.2) is 15.0 Å². The van der Waals surface area contributed by atoms with Crippen molar-refractivity contribution in [1.29, 1.82) is 0 Å². The minimum absolute atomic E-state index is 0.579. The summed E-state index contributed by atoms with van der Waals surface area (Å²) in [4.78, 5) is 15.7. The summed E-state index contributed by atoms with van der Waals surface area (Å²) in [5, 5.41) is 9.25. The monoisotopic (exact) mass is 720 g/mol. The molecular weight excluding hydrogens is 693 g/mol. The molecule has 6 heteroatoms. The number of fused-ring (bicyclic) bond motifs is 10. The van der Waals surface area contributed by atoms with E-state index in [4.69, 9.17) is 19.4 Å². The highest BCUT2D eigenvalue weighted by Gasteiger charge is 2.22. The number of hydrogen-bond donors (Lipinski definition) is 0. The minimum Gasteiger partial charge on any atom is -0.456 e. The van der Waals surface area contributed by atoms with Crippen molar-refractivity contribution in [3.05, 3.63) is 170 Å². The lowest BCUT2D eigenvalue weighted by atomic mass is 10.0. The maximum absolute atomic E-state index is 6.69. The van der Waals surface area contributed by atoms with Crippen molar-refractivity contribution in [1.82, 2.24) is 19.5 Å². The average Bonchev–Trinajstić information content (AvgIpc) is 3.92. The van der Waals surface area contributed by atoms with Gasteiger partial charge < -0.3 is 8.98 Å². The standard InChI is InChI=1S/C49H28N4OS/c1-2-13-29(14-3-1)47-50-48(52-49(51-47)36-20-12-24-44-45(36)35-19-8-11-23-43(35)55-44)32-27-40(46-34-18-7-10-22-41(34)54-42(46)28-32)53-38-21-9-6-17-33(38)37-25-30-15-4-5-16-31(30)26-39(37)53/h1-28H. The zero-order chi connectivity index (χ0) is 36.0. The fourth-order valence-electron chi connectivity index (χ4n) is 8.36. The third kappa shape index (κ3) is 4.62. The van der Waals surface area contributed by atoms with Crippen molar-refractivity contribution >= 4 is 86.0 Å². The van der Waals surface area contributed by atoms with Crippen molar-refractivity contribution < 1.29 is 4.42 Å². The van der Waals surface area contributed by atoms with Crippen LogP contribution in [0.25, 0.3) is 115 Å². The molecule has 4 aromatic heterocycles. The van der Waals surface area contributed by atoms with Crippen LogP contribution in [-0.4, -0.2) is 19.5 Å². The Hall–Kier alpha value is -7.15. The molecule has 0 bridgehead atoms. The van der Waals surface area contributed by atoms with E-state index in [1.807, 2.05) is 30.3 Å². The third-order valence-corrected chi connectivity index (χ3v) is 11.9. The summed E-state index contributed by atoms with van der Waals surface area (Å²) in [5.74, 6) is 1.83. The highest BCUT2D eigenvalue weighted by molar-refractivity contribution is 7.25. The molecule has 8 aromatic carbocycles. The Kier molecular flexibility index (Phi) is 6.44. The SMILES string of the molecule is c1ccc(-c2nc(-c3cc(-n4c5ccccc5c5cc6ccccc6cc54)c4c(c3)oc3ccccc34)nc(-c3cccc4sc5ccccc5c34)n2)cc1. The van der Waals surface area contributed by atoms with Crippen LogP contribution in [0.2, 0.25) is 0 Å². The summed E-state index contributed by atoms with van der Waals surface area (Å²) in [6, 6.07) is 59.6. The highest BCUT2D eigenvalue weighted by atomic mass is 32.1. The summed E-state index contributed by atoms with van der Waals surface area (Å²) < 4.78 is 11.5. The lowest BCUT2D eigenvalue weighted by Gasteiger charge is -2.13. The summed E-state index contributed by atoms with van der Waals surface area (Å²) in [5.41, 5.74) is 7.61. The molecule has 256 valence electrons. The molecular formula is C49H28N4OS. The number of thiophene rings is 1. The van der Waals surface area contributed by atoms with Gasteiger partial charge in [0.25, 0.3) is 0 Å². The maximum atomic E-state index is 6.69. The van der Waals surface area contributed by atoms with Crippen LogP contribution in [0.15, 0.2) is 174 Å². The van der Waals surface area contributed by atoms with Crippen molar-refractivity contribution in [3.63, 3.8) is 0 Å². The molecule has 5 nitrogen and oxygen atoms in total. The first kappa shape index (κ1) is 30.3. The number of furan rings is 1. The van der Waals surface area contributed by atoms with E-state index in [1.54, 1.807) is 11.3 Å². The topological polar surface area (TPSA) is 56.7 Å². The molecule has 0 spiro atoms. The predicted molar refractivity (Wildman–Crippen MR) is 228 cm³/mol. The van der Waals surface area contributed by atoms with Crippen LogP contribution in [0, 0.1) is 0 Å². The Morgan fingerprint density at radius 3 is 1.96 bits per heavy atom. The lowest BCUT2D eigenvalue weighted by Crippen LogP contribution is -2.02. The van der Waals surface area contributed by atoms with Crippen molar-refractivity contribution in [3.8, 4) is 39.9 Å². The van der Waals surface area contributed by atoms with Crippen LogP contribution >= 0.6 is 11.3 Å². The van der Waals surface area contributed by atoms with Gasteiger partial charge in [-0.05, 0) is 59.3 Å². The van der Waals surface area contributed by atoms with Crippen molar-refractivity contribution in [2.24, 2.45) is 0 Å². The number of rotatable bonds is 4. The molecule has 0 aliphatic rings. The summed E-state index contributed by atoms with van der Waals surface area (Å²) in [7, 11) is 0. The minimum atomic E-state index is 0.579. The van der Waals surface area contributed by atoms with E-state index in [0.29, 0.717) is 17.5 Å². The Morgan fingerprint density at radius 1 is 0.418 bits per heavy atom. The second-order valence-corrected chi connectivity index (χ2v) is 15.1. The lowest BCUT2D eigenvalue weighted by molar-refractivity contribution is 0.669. The van der Waals surface area contributed by atoms with Crippen LogP contribution in [0.3, 0.4) is 0 Å². The average molecular weight is 721 g/mol. The predicted octanol–water partition coefficient (Wildman–Crippen LogP) is 13.4. The van der Waals surface area contributed by atoms with Crippen molar-refractivity contribution in [2.45, 2.75) is 0 Å². The normalized spacial score (nSPS) is 12.0. The van der Waals surface area contributed by atoms with Crippen LogP contribution in [0.4, 0.5) is 0 Å². The van der Waals surface area contributed by atoms with E-state index in [9.17, 15) is 0 Å². The molecule has 0 fully saturated rings. The number of hydrogen-bond acceptors (Lipinski definition) is 5. The van der Waals surface area contributed by atoms with Gasteiger partial charge in [0.05, 0.1) is 22.1 Å². The van der Waals surface area contributed by atoms with Crippen LogP contribution in [0.5, 0.6) is 0 Å². The molecule has 0 atom stereocenters. The molecule has 0 radical (unpaired) electrons. The quantitative estimate of drug-likeness (QED) is 0.182. The Labute approximate surface area is 318 Å². The molecule has 0 aliphatic carbocycles. The van der Waals surface area contributed by atoms with Gasteiger partial charge >= 0.3 is 0 Å². The number of para-hydroxylation sites is 2. The summed E-state index contributed by atoms with van der Waals surface area (Å²) in [6.07, 6.45) is 0. The number of benzene rings is 8. The first-order valence-electron chi connectivity index (χ1n) is 18.4.